The van der Waals surface area contributed by atoms with Crippen LogP contribution in [-0.2, 0) is 9.53 Å². The number of carbonyl (C=O) groups excluding carboxylic acids is 2. The molecular formula is C8H15FN2O3. The Balaban J connectivity index is 4.61. The highest BCUT2D eigenvalue weighted by atomic mass is 19.1. The summed E-state index contributed by atoms with van der Waals surface area (Å²) in [5.74, 6) is -0.793. The van der Waals surface area contributed by atoms with Crippen LogP contribution in [0.4, 0.5) is 9.18 Å². The minimum Gasteiger partial charge on any atom is -0.453 e. The third kappa shape index (κ3) is 3.20. The van der Waals surface area contributed by atoms with E-state index in [1.54, 1.807) is 0 Å². The van der Waals surface area contributed by atoms with Crippen LogP contribution in [0.5, 0.6) is 0 Å². The van der Waals surface area contributed by atoms with E-state index in [9.17, 15) is 14.0 Å². The number of alkyl halides is 1. The van der Waals surface area contributed by atoms with Crippen molar-refractivity contribution in [2.24, 2.45) is 11.1 Å². The fourth-order valence-electron chi connectivity index (χ4n) is 0.906. The highest BCUT2D eigenvalue weighted by molar-refractivity contribution is 5.85. The maximum absolute atomic E-state index is 12.5. The Labute approximate surface area is 81.8 Å². The number of methoxy groups -OCH3 is 1. The van der Waals surface area contributed by atoms with Crippen LogP contribution in [0, 0.1) is 5.41 Å². The normalized spacial score (nSPS) is 13.1. The lowest BCUT2D eigenvalue weighted by atomic mass is 9.85. The molecule has 0 aromatic heterocycles. The number of nitrogens with one attached hydrogen (secondary N) is 1. The number of nitrogens with two attached hydrogens (primary N) is 1. The summed E-state index contributed by atoms with van der Waals surface area (Å²) in [6.07, 6.45) is -0.810. The van der Waals surface area contributed by atoms with E-state index >= 15 is 0 Å². The Hall–Kier alpha value is -1.33. The van der Waals surface area contributed by atoms with Gasteiger partial charge in [0.1, 0.15) is 6.04 Å². The molecule has 0 heterocycles. The molecule has 0 saturated heterocycles. The fourth-order valence-corrected chi connectivity index (χ4v) is 0.906. The third-order valence-electron chi connectivity index (χ3n) is 1.86. The molecule has 0 aliphatic rings. The van der Waals surface area contributed by atoms with Crippen LogP contribution in [-0.4, -0.2) is 31.8 Å². The van der Waals surface area contributed by atoms with Crippen molar-refractivity contribution in [1.29, 1.82) is 0 Å². The van der Waals surface area contributed by atoms with Gasteiger partial charge in [-0.25, -0.2) is 4.79 Å². The van der Waals surface area contributed by atoms with Gasteiger partial charge in [0.2, 0.25) is 5.91 Å². The highest BCUT2D eigenvalue weighted by Crippen LogP contribution is 2.21. The van der Waals surface area contributed by atoms with Crippen LogP contribution in [0.1, 0.15) is 13.8 Å². The number of rotatable bonds is 4. The molecule has 0 spiro atoms. The smallest absolute Gasteiger partial charge is 0.407 e. The fraction of sp³-hybridized carbons (Fsp3) is 0.750. The van der Waals surface area contributed by atoms with E-state index in [0.717, 1.165) is 7.11 Å². The molecule has 0 aliphatic carbocycles. The van der Waals surface area contributed by atoms with E-state index < -0.39 is 30.1 Å². The summed E-state index contributed by atoms with van der Waals surface area (Å²) in [6.45, 7) is 2.20. The number of hydrogen-bond donors (Lipinski definition) is 2. The van der Waals surface area contributed by atoms with Crippen LogP contribution in [0.15, 0.2) is 0 Å². The second-order valence-electron chi connectivity index (χ2n) is 3.59. The number of halogens is 1. The van der Waals surface area contributed by atoms with Crippen LogP contribution in [0.2, 0.25) is 0 Å². The molecule has 0 radical (unpaired) electrons. The van der Waals surface area contributed by atoms with E-state index in [2.05, 4.69) is 10.1 Å². The molecule has 0 fully saturated rings. The number of amides is 2. The predicted molar refractivity (Wildman–Crippen MR) is 48.3 cm³/mol. The summed E-state index contributed by atoms with van der Waals surface area (Å²) in [5.41, 5.74) is 3.98. The van der Waals surface area contributed by atoms with Crippen molar-refractivity contribution in [1.82, 2.24) is 5.32 Å². The number of ether oxygens (including phenoxy) is 1. The molecule has 3 N–H and O–H groups in total. The number of carbonyl (C=O) groups is 2. The maximum atomic E-state index is 12.5. The molecule has 0 bridgehead atoms. The van der Waals surface area contributed by atoms with E-state index in [1.165, 1.54) is 13.8 Å². The quantitative estimate of drug-likeness (QED) is 0.689. The van der Waals surface area contributed by atoms with Gasteiger partial charge in [0.15, 0.2) is 0 Å². The summed E-state index contributed by atoms with van der Waals surface area (Å²) in [5, 5.41) is 2.18. The molecule has 0 unspecified atom stereocenters. The van der Waals surface area contributed by atoms with E-state index in [-0.39, 0.29) is 0 Å². The monoisotopic (exact) mass is 206 g/mol. The van der Waals surface area contributed by atoms with Gasteiger partial charge in [-0.3, -0.25) is 9.18 Å². The summed E-state index contributed by atoms with van der Waals surface area (Å²) in [6, 6.07) is -1.08. The lowest BCUT2D eigenvalue weighted by molar-refractivity contribution is -0.122. The molecule has 1 atom stereocenters. The minimum absolute atomic E-state index is 0.773. The zero-order valence-electron chi connectivity index (χ0n) is 8.46. The van der Waals surface area contributed by atoms with Crippen LogP contribution in [0.3, 0.4) is 0 Å². The van der Waals surface area contributed by atoms with Gasteiger partial charge in [-0.2, -0.15) is 0 Å². The van der Waals surface area contributed by atoms with Crippen LogP contribution < -0.4 is 11.1 Å². The largest absolute Gasteiger partial charge is 0.453 e. The molecule has 0 aliphatic heterocycles. The molecule has 0 aromatic rings. The highest BCUT2D eigenvalue weighted by Gasteiger charge is 2.35. The molecule has 0 saturated carbocycles. The summed E-state index contributed by atoms with van der Waals surface area (Å²) in [4.78, 5) is 21.8. The van der Waals surface area contributed by atoms with Gasteiger partial charge in [0.25, 0.3) is 0 Å². The first-order valence-electron chi connectivity index (χ1n) is 4.05. The Bertz CT molecular complexity index is 231. The lowest BCUT2D eigenvalue weighted by Crippen LogP contribution is -2.53. The molecule has 6 heteroatoms. The van der Waals surface area contributed by atoms with E-state index in [4.69, 9.17) is 5.73 Å². The maximum Gasteiger partial charge on any atom is 0.407 e. The number of hydrogen-bond acceptors (Lipinski definition) is 3. The average Bonchev–Trinajstić information content (AvgIpc) is 2.12. The first kappa shape index (κ1) is 12.7. The molecule has 0 aromatic carbocycles. The Morgan fingerprint density at radius 2 is 2.07 bits per heavy atom. The molecule has 14 heavy (non-hydrogen) atoms. The lowest BCUT2D eigenvalue weighted by Gasteiger charge is -2.29. The molecule has 2 amide bonds. The minimum atomic E-state index is -1.08. The van der Waals surface area contributed by atoms with Crippen LogP contribution in [0.25, 0.3) is 0 Å². The Morgan fingerprint density at radius 3 is 2.36 bits per heavy atom. The molecule has 0 rings (SSSR count). The van der Waals surface area contributed by atoms with Crippen LogP contribution >= 0.6 is 0 Å². The number of alkyl carbamates (subject to hydrolysis) is 1. The second kappa shape index (κ2) is 4.78. The van der Waals surface area contributed by atoms with Gasteiger partial charge in [-0.05, 0) is 0 Å². The summed E-state index contributed by atoms with van der Waals surface area (Å²) >= 11 is 0. The van der Waals surface area contributed by atoms with Gasteiger partial charge in [0.05, 0.1) is 13.8 Å². The summed E-state index contributed by atoms with van der Waals surface area (Å²) < 4.78 is 16.8. The van der Waals surface area contributed by atoms with Crippen molar-refractivity contribution >= 4 is 12.0 Å². The topological polar surface area (TPSA) is 81.4 Å². The van der Waals surface area contributed by atoms with E-state index in [0.29, 0.717) is 0 Å². The van der Waals surface area contributed by atoms with Gasteiger partial charge in [-0.1, -0.05) is 13.8 Å². The van der Waals surface area contributed by atoms with Crippen molar-refractivity contribution in [3.8, 4) is 0 Å². The first-order valence-corrected chi connectivity index (χ1v) is 4.05. The zero-order chi connectivity index (χ0) is 11.4. The SMILES string of the molecule is COC(=O)N[C@H](C(N)=O)C(C)(C)CF. The van der Waals surface area contributed by atoms with E-state index in [1.807, 2.05) is 0 Å². The average molecular weight is 206 g/mol. The molecule has 5 nitrogen and oxygen atoms in total. The Kier molecular flexibility index (Phi) is 4.33. The van der Waals surface area contributed by atoms with Gasteiger partial charge in [0, 0.05) is 5.41 Å². The Morgan fingerprint density at radius 1 is 1.57 bits per heavy atom. The number of primary amides is 1. The van der Waals surface area contributed by atoms with Crippen molar-refractivity contribution in [3.63, 3.8) is 0 Å². The molecule has 82 valence electrons. The molecular weight excluding hydrogens is 191 g/mol. The third-order valence-corrected chi connectivity index (χ3v) is 1.86. The standard InChI is InChI=1S/C8H15FN2O3/c1-8(2,4-9)5(6(10)12)11-7(13)14-3/h5H,4H2,1-3H3,(H2,10,12)(H,11,13)/t5-/m1/s1. The summed E-state index contributed by atoms with van der Waals surface area (Å²) in [7, 11) is 1.15. The van der Waals surface area contributed by atoms with Crippen molar-refractivity contribution < 1.29 is 18.7 Å². The van der Waals surface area contributed by atoms with Crippen molar-refractivity contribution in [2.75, 3.05) is 13.8 Å². The van der Waals surface area contributed by atoms with Gasteiger partial charge in [-0.15, -0.1) is 0 Å². The van der Waals surface area contributed by atoms with Gasteiger partial charge >= 0.3 is 6.09 Å². The zero-order valence-corrected chi connectivity index (χ0v) is 8.46. The predicted octanol–water partition coefficient (Wildman–Crippen LogP) is 0.192. The van der Waals surface area contributed by atoms with Crippen molar-refractivity contribution in [2.45, 2.75) is 19.9 Å². The van der Waals surface area contributed by atoms with Gasteiger partial charge < -0.3 is 15.8 Å². The first-order chi connectivity index (χ1) is 6.35. The second-order valence-corrected chi connectivity index (χ2v) is 3.59. The van der Waals surface area contributed by atoms with Crippen molar-refractivity contribution in [3.05, 3.63) is 0 Å².